The van der Waals surface area contributed by atoms with E-state index in [-0.39, 0.29) is 0 Å². The normalized spacial score (nSPS) is 12.2. The van der Waals surface area contributed by atoms with E-state index in [1.807, 2.05) is 56.3 Å². The molecular weight excluding hydrogens is 332 g/mol. The Labute approximate surface area is 149 Å². The fourth-order valence-electron chi connectivity index (χ4n) is 2.59. The average molecular weight is 352 g/mol. The molecule has 0 unspecified atom stereocenters. The SMILES string of the molecule is CC=CCn1c(NN=C(C)c2ccccc2)nc2c1c(=O)[nH]c(=O)n2C. The van der Waals surface area contributed by atoms with Crippen molar-refractivity contribution in [1.82, 2.24) is 19.1 Å². The minimum absolute atomic E-state index is 0.304. The number of imidazole rings is 1. The van der Waals surface area contributed by atoms with Crippen LogP contribution in [0.25, 0.3) is 11.2 Å². The number of allylic oxidation sites excluding steroid dienone is 2. The van der Waals surface area contributed by atoms with Crippen LogP contribution in [0.4, 0.5) is 5.95 Å². The highest BCUT2D eigenvalue weighted by molar-refractivity contribution is 5.99. The second kappa shape index (κ2) is 7.22. The summed E-state index contributed by atoms with van der Waals surface area (Å²) in [6, 6.07) is 9.72. The number of aromatic nitrogens is 4. The molecule has 0 amide bonds. The van der Waals surface area contributed by atoms with Crippen LogP contribution < -0.4 is 16.7 Å². The Morgan fingerprint density at radius 1 is 1.31 bits per heavy atom. The second-order valence-electron chi connectivity index (χ2n) is 5.78. The zero-order valence-corrected chi connectivity index (χ0v) is 14.9. The van der Waals surface area contributed by atoms with E-state index in [1.165, 1.54) is 4.57 Å². The van der Waals surface area contributed by atoms with Gasteiger partial charge >= 0.3 is 5.69 Å². The van der Waals surface area contributed by atoms with Gasteiger partial charge in [0.15, 0.2) is 11.2 Å². The van der Waals surface area contributed by atoms with Gasteiger partial charge in [-0.2, -0.15) is 10.1 Å². The highest BCUT2D eigenvalue weighted by atomic mass is 16.2. The van der Waals surface area contributed by atoms with Crippen molar-refractivity contribution in [3.05, 3.63) is 68.9 Å². The van der Waals surface area contributed by atoms with Gasteiger partial charge in [-0.1, -0.05) is 42.5 Å². The molecule has 8 nitrogen and oxygen atoms in total. The second-order valence-corrected chi connectivity index (χ2v) is 5.78. The molecule has 0 atom stereocenters. The summed E-state index contributed by atoms with van der Waals surface area (Å²) in [4.78, 5) is 30.8. The summed E-state index contributed by atoms with van der Waals surface area (Å²) in [5.41, 5.74) is 4.31. The highest BCUT2D eigenvalue weighted by Crippen LogP contribution is 2.15. The molecule has 0 spiro atoms. The highest BCUT2D eigenvalue weighted by Gasteiger charge is 2.16. The molecule has 134 valence electrons. The lowest BCUT2D eigenvalue weighted by Gasteiger charge is -2.06. The number of benzene rings is 1. The maximum atomic E-state index is 12.3. The molecule has 26 heavy (non-hydrogen) atoms. The first-order valence-electron chi connectivity index (χ1n) is 8.19. The van der Waals surface area contributed by atoms with Crippen LogP contribution in [0.2, 0.25) is 0 Å². The summed E-state index contributed by atoms with van der Waals surface area (Å²) in [5, 5.41) is 4.37. The first-order chi connectivity index (χ1) is 12.5. The molecule has 3 aromatic rings. The number of fused-ring (bicyclic) bond motifs is 1. The fourth-order valence-corrected chi connectivity index (χ4v) is 2.59. The molecule has 0 saturated heterocycles. The van der Waals surface area contributed by atoms with Crippen molar-refractivity contribution in [3.63, 3.8) is 0 Å². The van der Waals surface area contributed by atoms with Gasteiger partial charge in [0.1, 0.15) is 0 Å². The molecule has 0 saturated carbocycles. The van der Waals surface area contributed by atoms with Crippen LogP contribution in [0.15, 0.2) is 57.2 Å². The Morgan fingerprint density at radius 3 is 2.73 bits per heavy atom. The van der Waals surface area contributed by atoms with Gasteiger partial charge in [-0.25, -0.2) is 10.2 Å². The van der Waals surface area contributed by atoms with E-state index in [1.54, 1.807) is 11.6 Å². The first kappa shape index (κ1) is 17.4. The Bertz CT molecular complexity index is 1100. The van der Waals surface area contributed by atoms with Gasteiger partial charge in [0.05, 0.1) is 5.71 Å². The Hall–Kier alpha value is -3.42. The number of hydrogen-bond donors (Lipinski definition) is 2. The van der Waals surface area contributed by atoms with E-state index >= 15 is 0 Å². The molecule has 0 fully saturated rings. The van der Waals surface area contributed by atoms with Gasteiger partial charge in [0.2, 0.25) is 5.95 Å². The van der Waals surface area contributed by atoms with Gasteiger partial charge in [0.25, 0.3) is 5.56 Å². The number of aryl methyl sites for hydroxylation is 1. The van der Waals surface area contributed by atoms with Crippen molar-refractivity contribution in [3.8, 4) is 0 Å². The number of rotatable bonds is 5. The molecule has 0 aliphatic carbocycles. The van der Waals surface area contributed by atoms with Crippen molar-refractivity contribution in [2.24, 2.45) is 12.1 Å². The number of hydrazone groups is 1. The van der Waals surface area contributed by atoms with E-state index in [0.29, 0.717) is 23.7 Å². The number of anilines is 1. The summed E-state index contributed by atoms with van der Waals surface area (Å²) in [5.74, 6) is 0.389. The third-order valence-electron chi connectivity index (χ3n) is 4.05. The molecule has 2 heterocycles. The van der Waals surface area contributed by atoms with Crippen LogP contribution in [0.3, 0.4) is 0 Å². The van der Waals surface area contributed by atoms with Crippen LogP contribution in [0, 0.1) is 0 Å². The molecule has 0 radical (unpaired) electrons. The lowest BCUT2D eigenvalue weighted by molar-refractivity contribution is 0.818. The van der Waals surface area contributed by atoms with Gasteiger partial charge < -0.3 is 0 Å². The summed E-state index contributed by atoms with van der Waals surface area (Å²) < 4.78 is 3.00. The minimum atomic E-state index is -0.506. The molecule has 0 bridgehead atoms. The number of nitrogens with zero attached hydrogens (tertiary/aromatic N) is 4. The third-order valence-corrected chi connectivity index (χ3v) is 4.05. The van der Waals surface area contributed by atoms with Crippen LogP contribution in [-0.2, 0) is 13.6 Å². The van der Waals surface area contributed by atoms with E-state index in [0.717, 1.165) is 11.3 Å². The van der Waals surface area contributed by atoms with Crippen molar-refractivity contribution in [2.45, 2.75) is 20.4 Å². The molecule has 1 aromatic carbocycles. The Balaban J connectivity index is 2.10. The van der Waals surface area contributed by atoms with Gasteiger partial charge in [0, 0.05) is 13.6 Å². The molecule has 0 aliphatic rings. The van der Waals surface area contributed by atoms with Gasteiger partial charge in [-0.05, 0) is 19.4 Å². The third kappa shape index (κ3) is 3.21. The summed E-state index contributed by atoms with van der Waals surface area (Å²) in [7, 11) is 1.57. The molecule has 0 aliphatic heterocycles. The smallest absolute Gasteiger partial charge is 0.299 e. The predicted molar refractivity (Wildman–Crippen MR) is 103 cm³/mol. The molecule has 2 aromatic heterocycles. The summed E-state index contributed by atoms with van der Waals surface area (Å²) in [6.45, 7) is 4.20. The van der Waals surface area contributed by atoms with E-state index in [2.05, 4.69) is 20.5 Å². The van der Waals surface area contributed by atoms with Gasteiger partial charge in [-0.15, -0.1) is 0 Å². The van der Waals surface area contributed by atoms with E-state index in [4.69, 9.17) is 0 Å². The van der Waals surface area contributed by atoms with E-state index < -0.39 is 11.2 Å². The molecule has 3 rings (SSSR count). The quantitative estimate of drug-likeness (QED) is 0.416. The van der Waals surface area contributed by atoms with Crippen LogP contribution >= 0.6 is 0 Å². The number of H-pyrrole nitrogens is 1. The topological polar surface area (TPSA) is 97.1 Å². The number of aromatic amines is 1. The maximum absolute atomic E-state index is 12.3. The first-order valence-corrected chi connectivity index (χ1v) is 8.19. The predicted octanol–water partition coefficient (Wildman–Crippen LogP) is 1.84. The van der Waals surface area contributed by atoms with Crippen molar-refractivity contribution >= 4 is 22.8 Å². The van der Waals surface area contributed by atoms with Crippen LogP contribution in [0.1, 0.15) is 19.4 Å². The lowest BCUT2D eigenvalue weighted by Crippen LogP contribution is -2.29. The van der Waals surface area contributed by atoms with Gasteiger partial charge in [-0.3, -0.25) is 18.9 Å². The lowest BCUT2D eigenvalue weighted by atomic mass is 10.1. The number of nitrogens with one attached hydrogen (secondary N) is 2. The maximum Gasteiger partial charge on any atom is 0.329 e. The standard InChI is InChI=1S/C18H20N6O2/c1-4-5-11-24-14-15(23(3)18(26)20-16(14)25)19-17(24)22-21-12(2)13-9-7-6-8-10-13/h4-10H,11H2,1-3H3,(H,19,22)(H,20,25,26). The Morgan fingerprint density at radius 2 is 2.04 bits per heavy atom. The fraction of sp³-hybridized carbons (Fsp3) is 0.222. The zero-order chi connectivity index (χ0) is 18.7. The average Bonchev–Trinajstić information content (AvgIpc) is 3.02. The van der Waals surface area contributed by atoms with Crippen LogP contribution in [0.5, 0.6) is 0 Å². The van der Waals surface area contributed by atoms with E-state index in [9.17, 15) is 9.59 Å². The van der Waals surface area contributed by atoms with Crippen molar-refractivity contribution in [1.29, 1.82) is 0 Å². The molecular formula is C18H20N6O2. The molecule has 8 heteroatoms. The summed E-state index contributed by atoms with van der Waals surface area (Å²) >= 11 is 0. The monoisotopic (exact) mass is 352 g/mol. The Kier molecular flexibility index (Phi) is 4.83. The van der Waals surface area contributed by atoms with Crippen molar-refractivity contribution < 1.29 is 0 Å². The minimum Gasteiger partial charge on any atom is -0.299 e. The summed E-state index contributed by atoms with van der Waals surface area (Å²) in [6.07, 6.45) is 3.77. The van der Waals surface area contributed by atoms with Crippen molar-refractivity contribution in [2.75, 3.05) is 5.43 Å². The number of hydrogen-bond acceptors (Lipinski definition) is 5. The van der Waals surface area contributed by atoms with Crippen LogP contribution in [-0.4, -0.2) is 24.8 Å². The molecule has 2 N–H and O–H groups in total. The zero-order valence-electron chi connectivity index (χ0n) is 14.9. The largest absolute Gasteiger partial charge is 0.329 e.